The van der Waals surface area contributed by atoms with Gasteiger partial charge in [0.15, 0.2) is 0 Å². The number of hydrogen-bond donors (Lipinski definition) is 1. The fourth-order valence-electron chi connectivity index (χ4n) is 1.60. The van der Waals surface area contributed by atoms with E-state index in [0.717, 1.165) is 37.2 Å². The molecule has 0 aliphatic rings. The zero-order valence-corrected chi connectivity index (χ0v) is 11.0. The van der Waals surface area contributed by atoms with E-state index < -0.39 is 0 Å². The molecule has 3 nitrogen and oxygen atoms in total. The molecule has 0 aromatic carbocycles. The zero-order chi connectivity index (χ0) is 12.5. The second-order valence-corrected chi connectivity index (χ2v) is 4.05. The molecule has 0 spiro atoms. The van der Waals surface area contributed by atoms with Crippen LogP contribution >= 0.6 is 0 Å². The van der Waals surface area contributed by atoms with Gasteiger partial charge >= 0.3 is 0 Å². The molecule has 1 N–H and O–H groups in total. The highest BCUT2D eigenvalue weighted by atomic mass is 14.9. The summed E-state index contributed by atoms with van der Waals surface area (Å²) in [5.74, 6) is 6.02. The Kier molecular flexibility index (Phi) is 6.27. The molecule has 92 valence electrons. The molecule has 0 aliphatic heterocycles. The molecule has 1 rings (SSSR count). The maximum absolute atomic E-state index is 4.44. The molecule has 0 saturated carbocycles. The summed E-state index contributed by atoms with van der Waals surface area (Å²) in [4.78, 5) is 8.73. The lowest BCUT2D eigenvalue weighted by molar-refractivity contribution is 0.493. The van der Waals surface area contributed by atoms with Gasteiger partial charge in [-0.15, -0.1) is 11.8 Å². The number of nitrogens with zero attached hydrogens (tertiary/aromatic N) is 2. The van der Waals surface area contributed by atoms with Crippen LogP contribution in [0, 0.1) is 18.8 Å². The van der Waals surface area contributed by atoms with Gasteiger partial charge in [0.25, 0.3) is 0 Å². The minimum atomic E-state index is 0.268. The van der Waals surface area contributed by atoms with Crippen LogP contribution in [0.1, 0.15) is 50.5 Å². The third-order valence-corrected chi connectivity index (χ3v) is 2.53. The van der Waals surface area contributed by atoms with Crippen LogP contribution in [-0.4, -0.2) is 16.5 Å². The number of hydrogen-bond acceptors (Lipinski definition) is 3. The van der Waals surface area contributed by atoms with Crippen LogP contribution in [0.5, 0.6) is 0 Å². The van der Waals surface area contributed by atoms with Crippen molar-refractivity contribution in [3.05, 3.63) is 23.8 Å². The topological polar surface area (TPSA) is 37.8 Å². The Morgan fingerprint density at radius 1 is 1.35 bits per heavy atom. The minimum absolute atomic E-state index is 0.268. The molecule has 0 bridgehead atoms. The molecule has 1 unspecified atom stereocenters. The Labute approximate surface area is 104 Å². The van der Waals surface area contributed by atoms with Gasteiger partial charge in [0.1, 0.15) is 0 Å². The second-order valence-electron chi connectivity index (χ2n) is 4.05. The molecule has 17 heavy (non-hydrogen) atoms. The van der Waals surface area contributed by atoms with Crippen LogP contribution in [0.2, 0.25) is 0 Å². The predicted octanol–water partition coefficient (Wildman–Crippen LogP) is 2.63. The van der Waals surface area contributed by atoms with Crippen molar-refractivity contribution in [3.8, 4) is 11.8 Å². The number of nitrogens with one attached hydrogen (secondary N) is 1. The van der Waals surface area contributed by atoms with Crippen LogP contribution in [0.25, 0.3) is 0 Å². The standard InChI is InChI=1S/C14H21N3/c1-4-6-7-8-13(15-9-5-2)14-11-16-12(3)10-17-14/h10-11,13,15H,5,7-9H2,1-3H3. The van der Waals surface area contributed by atoms with Crippen molar-refractivity contribution >= 4 is 0 Å². The van der Waals surface area contributed by atoms with E-state index in [1.165, 1.54) is 0 Å². The van der Waals surface area contributed by atoms with Gasteiger partial charge in [-0.25, -0.2) is 0 Å². The summed E-state index contributed by atoms with van der Waals surface area (Å²) in [7, 11) is 0. The van der Waals surface area contributed by atoms with Gasteiger partial charge < -0.3 is 5.32 Å². The van der Waals surface area contributed by atoms with Crippen LogP contribution in [0.15, 0.2) is 12.4 Å². The summed E-state index contributed by atoms with van der Waals surface area (Å²) in [6.45, 7) is 6.99. The highest BCUT2D eigenvalue weighted by molar-refractivity contribution is 5.07. The molecule has 0 fully saturated rings. The van der Waals surface area contributed by atoms with Crippen molar-refractivity contribution in [3.63, 3.8) is 0 Å². The number of aryl methyl sites for hydroxylation is 1. The van der Waals surface area contributed by atoms with Crippen molar-refractivity contribution in [2.45, 2.75) is 46.1 Å². The van der Waals surface area contributed by atoms with E-state index in [1.807, 2.05) is 26.2 Å². The summed E-state index contributed by atoms with van der Waals surface area (Å²) in [6.07, 6.45) is 6.69. The van der Waals surface area contributed by atoms with Crippen LogP contribution in [0.3, 0.4) is 0 Å². The van der Waals surface area contributed by atoms with E-state index in [-0.39, 0.29) is 6.04 Å². The Hall–Kier alpha value is -1.40. The molecule has 1 atom stereocenters. The minimum Gasteiger partial charge on any atom is -0.309 e. The third-order valence-electron chi connectivity index (χ3n) is 2.53. The monoisotopic (exact) mass is 231 g/mol. The van der Waals surface area contributed by atoms with Gasteiger partial charge in [0, 0.05) is 12.6 Å². The molecular formula is C14H21N3. The lowest BCUT2D eigenvalue weighted by Gasteiger charge is -2.16. The normalized spacial score (nSPS) is 11.7. The van der Waals surface area contributed by atoms with Crippen molar-refractivity contribution in [2.75, 3.05) is 6.54 Å². The maximum Gasteiger partial charge on any atom is 0.0756 e. The van der Waals surface area contributed by atoms with Gasteiger partial charge in [0.2, 0.25) is 0 Å². The van der Waals surface area contributed by atoms with Gasteiger partial charge in [-0.05, 0) is 33.2 Å². The lowest BCUT2D eigenvalue weighted by atomic mass is 10.1. The highest BCUT2D eigenvalue weighted by Gasteiger charge is 2.11. The van der Waals surface area contributed by atoms with E-state index in [9.17, 15) is 0 Å². The first-order chi connectivity index (χ1) is 8.27. The molecule has 1 aromatic rings. The maximum atomic E-state index is 4.44. The zero-order valence-electron chi connectivity index (χ0n) is 11.0. The van der Waals surface area contributed by atoms with Crippen molar-refractivity contribution in [1.29, 1.82) is 0 Å². The summed E-state index contributed by atoms with van der Waals surface area (Å²) in [5.41, 5.74) is 1.97. The predicted molar refractivity (Wildman–Crippen MR) is 70.5 cm³/mol. The largest absolute Gasteiger partial charge is 0.309 e. The van der Waals surface area contributed by atoms with E-state index >= 15 is 0 Å². The quantitative estimate of drug-likeness (QED) is 0.765. The van der Waals surface area contributed by atoms with Gasteiger partial charge in [-0.2, -0.15) is 0 Å². The SMILES string of the molecule is CC#CCCC(NCCC)c1cnc(C)cn1. The van der Waals surface area contributed by atoms with Crippen molar-refractivity contribution in [2.24, 2.45) is 0 Å². The molecule has 1 aromatic heterocycles. The van der Waals surface area contributed by atoms with Crippen molar-refractivity contribution in [1.82, 2.24) is 15.3 Å². The van der Waals surface area contributed by atoms with E-state index in [0.29, 0.717) is 0 Å². The van der Waals surface area contributed by atoms with Gasteiger partial charge in [-0.3, -0.25) is 9.97 Å². The Morgan fingerprint density at radius 2 is 2.18 bits per heavy atom. The van der Waals surface area contributed by atoms with Crippen molar-refractivity contribution < 1.29 is 0 Å². The average Bonchev–Trinajstić information content (AvgIpc) is 2.35. The van der Waals surface area contributed by atoms with Crippen LogP contribution < -0.4 is 5.32 Å². The summed E-state index contributed by atoms with van der Waals surface area (Å²) in [5, 5.41) is 3.49. The molecule has 0 aliphatic carbocycles. The molecule has 0 radical (unpaired) electrons. The summed E-state index contributed by atoms with van der Waals surface area (Å²) in [6, 6.07) is 0.268. The van der Waals surface area contributed by atoms with Crippen LogP contribution in [-0.2, 0) is 0 Å². The smallest absolute Gasteiger partial charge is 0.0756 e. The van der Waals surface area contributed by atoms with Crippen LogP contribution in [0.4, 0.5) is 0 Å². The van der Waals surface area contributed by atoms with Gasteiger partial charge in [0.05, 0.1) is 23.6 Å². The van der Waals surface area contributed by atoms with E-state index in [2.05, 4.69) is 34.0 Å². The van der Waals surface area contributed by atoms with E-state index in [1.54, 1.807) is 0 Å². The highest BCUT2D eigenvalue weighted by Crippen LogP contribution is 2.15. The third kappa shape index (κ3) is 4.97. The summed E-state index contributed by atoms with van der Waals surface area (Å²) >= 11 is 0. The number of aromatic nitrogens is 2. The fourth-order valence-corrected chi connectivity index (χ4v) is 1.60. The van der Waals surface area contributed by atoms with Gasteiger partial charge in [-0.1, -0.05) is 6.92 Å². The summed E-state index contributed by atoms with van der Waals surface area (Å²) < 4.78 is 0. The molecule has 3 heteroatoms. The first-order valence-electron chi connectivity index (χ1n) is 6.19. The average molecular weight is 231 g/mol. The first-order valence-corrected chi connectivity index (χ1v) is 6.19. The Balaban J connectivity index is 2.65. The number of rotatable bonds is 6. The molecule has 0 amide bonds. The Bertz CT molecular complexity index is 373. The second kappa shape index (κ2) is 7.81. The molecule has 1 heterocycles. The first kappa shape index (κ1) is 13.7. The van der Waals surface area contributed by atoms with E-state index in [4.69, 9.17) is 0 Å². The molecule has 0 saturated heterocycles. The lowest BCUT2D eigenvalue weighted by Crippen LogP contribution is -2.23. The molecular weight excluding hydrogens is 210 g/mol. The fraction of sp³-hybridized carbons (Fsp3) is 0.571. The Morgan fingerprint density at radius 3 is 2.76 bits per heavy atom.